The summed E-state index contributed by atoms with van der Waals surface area (Å²) in [4.78, 5) is 27.6. The van der Waals surface area contributed by atoms with Gasteiger partial charge in [-0.3, -0.25) is 9.78 Å². The van der Waals surface area contributed by atoms with Crippen LogP contribution in [-0.2, 0) is 11.3 Å². The van der Waals surface area contributed by atoms with Crippen molar-refractivity contribution in [2.24, 2.45) is 11.8 Å². The third-order valence-electron chi connectivity index (χ3n) is 5.26. The molecule has 6 heteroatoms. The number of carbonyl (C=O) groups excluding carboxylic acids is 1. The fraction of sp³-hybridized carbons (Fsp3) is 0.304. The Kier molecular flexibility index (Phi) is 5.25. The summed E-state index contributed by atoms with van der Waals surface area (Å²) in [5.41, 5.74) is 4.62. The van der Waals surface area contributed by atoms with Gasteiger partial charge in [0.05, 0.1) is 11.4 Å². The molecule has 4 rings (SSSR count). The Balaban J connectivity index is 1.59. The first-order valence-corrected chi connectivity index (χ1v) is 9.85. The maximum Gasteiger partial charge on any atom is 0.225 e. The molecule has 0 spiro atoms. The highest BCUT2D eigenvalue weighted by Crippen LogP contribution is 2.37. The normalized spacial score (nSPS) is 17.6. The first-order valence-electron chi connectivity index (χ1n) is 9.85. The summed E-state index contributed by atoms with van der Waals surface area (Å²) in [7, 11) is 3.85. The van der Waals surface area contributed by atoms with E-state index >= 15 is 0 Å². The van der Waals surface area contributed by atoms with Crippen LogP contribution in [0.1, 0.15) is 18.9 Å². The summed E-state index contributed by atoms with van der Waals surface area (Å²) in [6.45, 7) is 2.66. The van der Waals surface area contributed by atoms with Crippen molar-refractivity contribution in [1.82, 2.24) is 20.3 Å². The van der Waals surface area contributed by atoms with Crippen molar-refractivity contribution < 1.29 is 4.79 Å². The lowest BCUT2D eigenvalue weighted by atomic mass is 10.0. The molecule has 0 aliphatic heterocycles. The molecule has 3 aromatic rings. The zero-order valence-electron chi connectivity index (χ0n) is 17.0. The second-order valence-electron chi connectivity index (χ2n) is 7.78. The van der Waals surface area contributed by atoms with E-state index in [2.05, 4.69) is 22.2 Å². The van der Waals surface area contributed by atoms with Gasteiger partial charge in [-0.25, -0.2) is 9.97 Å². The number of benzene rings is 1. The molecule has 6 nitrogen and oxygen atoms in total. The van der Waals surface area contributed by atoms with E-state index in [1.54, 1.807) is 6.20 Å². The minimum atomic E-state index is 0.158. The van der Waals surface area contributed by atoms with Crippen LogP contribution in [0.15, 0.2) is 54.9 Å². The Hall–Kier alpha value is -3.28. The van der Waals surface area contributed by atoms with E-state index in [0.29, 0.717) is 18.4 Å². The van der Waals surface area contributed by atoms with Crippen molar-refractivity contribution in [1.29, 1.82) is 0 Å². The average molecular weight is 387 g/mol. The molecule has 0 saturated heterocycles. The van der Waals surface area contributed by atoms with Crippen LogP contribution in [0.4, 0.5) is 5.95 Å². The number of nitrogens with one attached hydrogen (secondary N) is 1. The lowest BCUT2D eigenvalue weighted by Gasteiger charge is -2.14. The molecule has 2 unspecified atom stereocenters. The number of nitrogens with zero attached hydrogens (tertiary/aromatic N) is 4. The van der Waals surface area contributed by atoms with Crippen LogP contribution in [0.2, 0.25) is 0 Å². The van der Waals surface area contributed by atoms with Crippen LogP contribution in [0.5, 0.6) is 0 Å². The average Bonchev–Trinajstić information content (AvgIpc) is 3.49. The molecule has 1 aromatic carbocycles. The van der Waals surface area contributed by atoms with Gasteiger partial charge in [0.2, 0.25) is 11.9 Å². The molecule has 1 fully saturated rings. The molecule has 1 saturated carbocycles. The maximum absolute atomic E-state index is 12.0. The Morgan fingerprint density at radius 2 is 1.90 bits per heavy atom. The molecule has 29 heavy (non-hydrogen) atoms. The number of rotatable bonds is 6. The van der Waals surface area contributed by atoms with Gasteiger partial charge in [0.1, 0.15) is 0 Å². The van der Waals surface area contributed by atoms with Crippen molar-refractivity contribution in [2.75, 3.05) is 19.0 Å². The summed E-state index contributed by atoms with van der Waals surface area (Å²) in [6, 6.07) is 13.9. The van der Waals surface area contributed by atoms with E-state index in [0.717, 1.165) is 34.5 Å². The molecule has 1 aliphatic carbocycles. The Bertz CT molecular complexity index is 1000. The van der Waals surface area contributed by atoms with Crippen LogP contribution >= 0.6 is 0 Å². The lowest BCUT2D eigenvalue weighted by molar-refractivity contribution is -0.122. The van der Waals surface area contributed by atoms with Gasteiger partial charge in [0, 0.05) is 50.1 Å². The van der Waals surface area contributed by atoms with Crippen LogP contribution in [-0.4, -0.2) is 35.0 Å². The number of aromatic nitrogens is 3. The van der Waals surface area contributed by atoms with E-state index in [-0.39, 0.29) is 11.8 Å². The molecule has 1 amide bonds. The predicted molar refractivity (Wildman–Crippen MR) is 114 cm³/mol. The van der Waals surface area contributed by atoms with Gasteiger partial charge in [0.15, 0.2) is 0 Å². The van der Waals surface area contributed by atoms with Gasteiger partial charge in [-0.05, 0) is 30.0 Å². The third-order valence-corrected chi connectivity index (χ3v) is 5.26. The van der Waals surface area contributed by atoms with Crippen molar-refractivity contribution in [3.8, 4) is 22.5 Å². The van der Waals surface area contributed by atoms with Gasteiger partial charge in [-0.2, -0.15) is 0 Å². The monoisotopic (exact) mass is 387 g/mol. The van der Waals surface area contributed by atoms with E-state index in [1.165, 1.54) is 0 Å². The van der Waals surface area contributed by atoms with Gasteiger partial charge in [-0.1, -0.05) is 37.3 Å². The second-order valence-corrected chi connectivity index (χ2v) is 7.78. The highest BCUT2D eigenvalue weighted by Gasteiger charge is 2.38. The van der Waals surface area contributed by atoms with Crippen molar-refractivity contribution in [3.63, 3.8) is 0 Å². The minimum absolute atomic E-state index is 0.158. The molecule has 148 valence electrons. The molecule has 2 atom stereocenters. The van der Waals surface area contributed by atoms with Gasteiger partial charge < -0.3 is 10.2 Å². The molecular formula is C23H25N5O. The van der Waals surface area contributed by atoms with Crippen LogP contribution in [0, 0.1) is 11.8 Å². The van der Waals surface area contributed by atoms with E-state index in [1.807, 2.05) is 67.7 Å². The maximum atomic E-state index is 12.0. The van der Waals surface area contributed by atoms with E-state index < -0.39 is 0 Å². The number of hydrogen-bond acceptors (Lipinski definition) is 5. The minimum Gasteiger partial charge on any atom is -0.352 e. The Morgan fingerprint density at radius 1 is 1.14 bits per heavy atom. The number of pyridine rings is 1. The van der Waals surface area contributed by atoms with Crippen LogP contribution in [0.3, 0.4) is 0 Å². The second kappa shape index (κ2) is 7.99. The smallest absolute Gasteiger partial charge is 0.225 e. The quantitative estimate of drug-likeness (QED) is 0.700. The predicted octanol–water partition coefficient (Wildman–Crippen LogP) is 3.54. The molecule has 0 bridgehead atoms. The Morgan fingerprint density at radius 3 is 2.52 bits per heavy atom. The fourth-order valence-electron chi connectivity index (χ4n) is 3.31. The standard InChI is InChI=1S/C23H25N5O/c1-15-12-18(15)22(29)25-13-16-7-9-17(10-8-16)21-19(20-6-4-5-11-24-20)14-26-23(27-21)28(2)3/h4-11,14-15,18H,12-13H2,1-3H3,(H,25,29). The summed E-state index contributed by atoms with van der Waals surface area (Å²) in [5.74, 6) is 1.52. The number of carbonyl (C=O) groups is 1. The Labute approximate surface area is 171 Å². The van der Waals surface area contributed by atoms with Crippen LogP contribution < -0.4 is 10.2 Å². The number of hydrogen-bond donors (Lipinski definition) is 1. The summed E-state index contributed by atoms with van der Waals surface area (Å²) in [5, 5.41) is 3.03. The van der Waals surface area contributed by atoms with Crippen molar-refractivity contribution in [3.05, 3.63) is 60.4 Å². The zero-order valence-corrected chi connectivity index (χ0v) is 17.0. The molecule has 2 aromatic heterocycles. The molecule has 0 radical (unpaired) electrons. The highest BCUT2D eigenvalue weighted by molar-refractivity contribution is 5.81. The van der Waals surface area contributed by atoms with Crippen molar-refractivity contribution >= 4 is 11.9 Å². The van der Waals surface area contributed by atoms with Gasteiger partial charge in [0.25, 0.3) is 0 Å². The number of amides is 1. The highest BCUT2D eigenvalue weighted by atomic mass is 16.2. The van der Waals surface area contributed by atoms with Gasteiger partial charge >= 0.3 is 0 Å². The SMILES string of the molecule is CC1CC1C(=O)NCc1ccc(-c2nc(N(C)C)ncc2-c2ccccn2)cc1. The van der Waals surface area contributed by atoms with Crippen molar-refractivity contribution in [2.45, 2.75) is 19.9 Å². The molecule has 2 heterocycles. The first kappa shape index (κ1) is 19.1. The topological polar surface area (TPSA) is 71.0 Å². The van der Waals surface area contributed by atoms with Gasteiger partial charge in [-0.15, -0.1) is 0 Å². The molecular weight excluding hydrogens is 362 g/mol. The summed E-state index contributed by atoms with van der Waals surface area (Å²) in [6.07, 6.45) is 4.60. The van der Waals surface area contributed by atoms with E-state index in [9.17, 15) is 4.79 Å². The summed E-state index contributed by atoms with van der Waals surface area (Å²) >= 11 is 0. The largest absolute Gasteiger partial charge is 0.352 e. The zero-order chi connectivity index (χ0) is 20.4. The molecule has 1 aliphatic rings. The molecule has 1 N–H and O–H groups in total. The first-order chi connectivity index (χ1) is 14.0. The van der Waals surface area contributed by atoms with E-state index in [4.69, 9.17) is 4.98 Å². The fourth-order valence-corrected chi connectivity index (χ4v) is 3.31. The number of anilines is 1. The lowest BCUT2D eigenvalue weighted by Crippen LogP contribution is -2.24. The third kappa shape index (κ3) is 4.26. The van der Waals surface area contributed by atoms with Crippen LogP contribution in [0.25, 0.3) is 22.5 Å². The summed E-state index contributed by atoms with van der Waals surface area (Å²) < 4.78 is 0.